The first kappa shape index (κ1) is 35.4. The number of phenolic OH excluding ortho intramolecular Hbond substituents is 1. The Morgan fingerprint density at radius 2 is 1.53 bits per heavy atom. The molecule has 3 atom stereocenters. The molecule has 4 N–H and O–H groups in total. The summed E-state index contributed by atoms with van der Waals surface area (Å²) >= 11 is 0. The van der Waals surface area contributed by atoms with Gasteiger partial charge in [0.05, 0.1) is 6.61 Å². The van der Waals surface area contributed by atoms with E-state index in [1.807, 2.05) is 30.3 Å². The van der Waals surface area contributed by atoms with Gasteiger partial charge in [0, 0.05) is 12.5 Å². The number of carbonyl (C=O) groups is 4. The van der Waals surface area contributed by atoms with E-state index in [0.29, 0.717) is 24.0 Å². The van der Waals surface area contributed by atoms with Crippen molar-refractivity contribution in [2.75, 3.05) is 6.61 Å². The standard InChI is InChI=1S/C34H47N3O8/c1-21-18-23(16-17-27(21)39)28(29(40)35-25(31(42)44-33(2,3)4)19-22-12-9-8-10-13-22)37(24-14-11-15-24)30(41)26(20-38)36-32(43)45-34(5,6)7/h8-10,12-13,16-18,24-26,28,38-39H,11,14-15,19-20H2,1-7H3,(H,35,40)(H,36,43). The van der Waals surface area contributed by atoms with Crippen molar-refractivity contribution in [3.05, 3.63) is 65.2 Å². The number of aryl methyl sites for hydroxylation is 1. The van der Waals surface area contributed by atoms with Crippen molar-refractivity contribution in [3.8, 4) is 5.75 Å². The van der Waals surface area contributed by atoms with Gasteiger partial charge in [-0.1, -0.05) is 36.4 Å². The molecule has 2 aromatic carbocycles. The second kappa shape index (κ2) is 14.8. The van der Waals surface area contributed by atoms with Gasteiger partial charge >= 0.3 is 12.1 Å². The molecule has 0 saturated heterocycles. The zero-order chi connectivity index (χ0) is 33.5. The van der Waals surface area contributed by atoms with Crippen molar-refractivity contribution in [1.29, 1.82) is 0 Å². The number of amides is 3. The van der Waals surface area contributed by atoms with Gasteiger partial charge in [0.1, 0.15) is 35.1 Å². The first-order valence-electron chi connectivity index (χ1n) is 15.3. The van der Waals surface area contributed by atoms with E-state index < -0.39 is 59.8 Å². The average Bonchev–Trinajstić information content (AvgIpc) is 2.90. The van der Waals surface area contributed by atoms with Crippen molar-refractivity contribution in [1.82, 2.24) is 15.5 Å². The highest BCUT2D eigenvalue weighted by Crippen LogP contribution is 2.35. The lowest BCUT2D eigenvalue weighted by molar-refractivity contribution is -0.159. The maximum atomic E-state index is 14.4. The Morgan fingerprint density at radius 3 is 2.04 bits per heavy atom. The lowest BCUT2D eigenvalue weighted by atomic mass is 9.87. The van der Waals surface area contributed by atoms with E-state index in [4.69, 9.17) is 9.47 Å². The molecule has 0 heterocycles. The third-order valence-corrected chi connectivity index (χ3v) is 7.25. The SMILES string of the molecule is Cc1cc(C(C(=O)NC(Cc2ccccc2)C(=O)OC(C)(C)C)N(C(=O)C(CO)NC(=O)OC(C)(C)C)C2CCC2)ccc1O. The molecular weight excluding hydrogens is 578 g/mol. The molecule has 3 rings (SSSR count). The number of nitrogens with zero attached hydrogens (tertiary/aromatic N) is 1. The lowest BCUT2D eigenvalue weighted by Crippen LogP contribution is -2.59. The van der Waals surface area contributed by atoms with Crippen LogP contribution in [0.1, 0.15) is 83.5 Å². The summed E-state index contributed by atoms with van der Waals surface area (Å²) in [6, 6.07) is 9.61. The molecule has 0 radical (unpaired) electrons. The molecule has 1 aliphatic rings. The molecule has 1 saturated carbocycles. The Morgan fingerprint density at radius 1 is 0.911 bits per heavy atom. The molecule has 11 heteroatoms. The van der Waals surface area contributed by atoms with E-state index in [0.717, 1.165) is 12.0 Å². The minimum absolute atomic E-state index is 0.00923. The van der Waals surface area contributed by atoms with Crippen molar-refractivity contribution in [2.45, 2.75) is 110 Å². The molecule has 3 amide bonds. The number of esters is 1. The highest BCUT2D eigenvalue weighted by atomic mass is 16.6. The molecular formula is C34H47N3O8. The van der Waals surface area contributed by atoms with E-state index in [9.17, 15) is 29.4 Å². The summed E-state index contributed by atoms with van der Waals surface area (Å²) in [6.45, 7) is 11.2. The van der Waals surface area contributed by atoms with Crippen LogP contribution < -0.4 is 10.6 Å². The third kappa shape index (κ3) is 10.2. The number of phenols is 1. The van der Waals surface area contributed by atoms with Crippen LogP contribution >= 0.6 is 0 Å². The van der Waals surface area contributed by atoms with Crippen molar-refractivity contribution in [3.63, 3.8) is 0 Å². The summed E-state index contributed by atoms with van der Waals surface area (Å²) in [4.78, 5) is 55.9. The van der Waals surface area contributed by atoms with Gasteiger partial charge in [-0.3, -0.25) is 9.59 Å². The Kier molecular flexibility index (Phi) is 11.6. The summed E-state index contributed by atoms with van der Waals surface area (Å²) in [5.74, 6) is -1.96. The predicted octanol–water partition coefficient (Wildman–Crippen LogP) is 4.08. The molecule has 45 heavy (non-hydrogen) atoms. The van der Waals surface area contributed by atoms with Gasteiger partial charge in [0.15, 0.2) is 0 Å². The summed E-state index contributed by atoms with van der Waals surface area (Å²) < 4.78 is 11.0. The number of aliphatic hydroxyl groups excluding tert-OH is 1. The summed E-state index contributed by atoms with van der Waals surface area (Å²) in [5, 5.41) is 25.7. The molecule has 0 bridgehead atoms. The summed E-state index contributed by atoms with van der Waals surface area (Å²) in [6.07, 6.45) is 1.25. The van der Waals surface area contributed by atoms with Crippen LogP contribution in [0.15, 0.2) is 48.5 Å². The van der Waals surface area contributed by atoms with Crippen LogP contribution in [-0.2, 0) is 30.3 Å². The van der Waals surface area contributed by atoms with Crippen LogP contribution in [0, 0.1) is 6.92 Å². The molecule has 0 aromatic heterocycles. The van der Waals surface area contributed by atoms with Crippen LogP contribution in [0.5, 0.6) is 5.75 Å². The maximum absolute atomic E-state index is 14.4. The molecule has 2 aromatic rings. The number of alkyl carbamates (subject to hydrolysis) is 1. The van der Waals surface area contributed by atoms with Crippen LogP contribution in [-0.4, -0.2) is 74.9 Å². The number of aliphatic hydroxyl groups is 1. The number of nitrogens with one attached hydrogen (secondary N) is 2. The van der Waals surface area contributed by atoms with E-state index in [2.05, 4.69) is 10.6 Å². The van der Waals surface area contributed by atoms with Gasteiger partial charge < -0.3 is 35.2 Å². The van der Waals surface area contributed by atoms with Crippen LogP contribution in [0.2, 0.25) is 0 Å². The van der Waals surface area contributed by atoms with Gasteiger partial charge in [0.25, 0.3) is 0 Å². The predicted molar refractivity (Wildman–Crippen MR) is 168 cm³/mol. The highest BCUT2D eigenvalue weighted by molar-refractivity contribution is 5.94. The summed E-state index contributed by atoms with van der Waals surface area (Å²) in [7, 11) is 0. The molecule has 0 aliphatic heterocycles. The first-order valence-corrected chi connectivity index (χ1v) is 15.3. The molecule has 1 fully saturated rings. The fourth-order valence-corrected chi connectivity index (χ4v) is 4.95. The largest absolute Gasteiger partial charge is 0.508 e. The second-order valence-electron chi connectivity index (χ2n) is 13.4. The Balaban J connectivity index is 2.05. The van der Waals surface area contributed by atoms with Crippen molar-refractivity contribution in [2.24, 2.45) is 0 Å². The second-order valence-corrected chi connectivity index (χ2v) is 13.4. The van der Waals surface area contributed by atoms with E-state index >= 15 is 0 Å². The zero-order valence-corrected chi connectivity index (χ0v) is 27.3. The Labute approximate surface area is 265 Å². The highest BCUT2D eigenvalue weighted by Gasteiger charge is 2.43. The van der Waals surface area contributed by atoms with Gasteiger partial charge in [0.2, 0.25) is 11.8 Å². The number of ether oxygens (including phenoxy) is 2. The maximum Gasteiger partial charge on any atom is 0.408 e. The van der Waals surface area contributed by atoms with Crippen LogP contribution in [0.25, 0.3) is 0 Å². The molecule has 11 nitrogen and oxygen atoms in total. The average molecular weight is 626 g/mol. The van der Waals surface area contributed by atoms with Gasteiger partial charge in [-0.05, 0) is 96.6 Å². The minimum atomic E-state index is -1.40. The number of hydrogen-bond acceptors (Lipinski definition) is 8. The molecule has 246 valence electrons. The number of benzene rings is 2. The van der Waals surface area contributed by atoms with Gasteiger partial charge in [-0.15, -0.1) is 0 Å². The third-order valence-electron chi connectivity index (χ3n) is 7.25. The quantitative estimate of drug-likeness (QED) is 0.273. The fraction of sp³-hybridized carbons (Fsp3) is 0.529. The first-order chi connectivity index (χ1) is 21.0. The van der Waals surface area contributed by atoms with Gasteiger partial charge in [-0.25, -0.2) is 9.59 Å². The fourth-order valence-electron chi connectivity index (χ4n) is 4.95. The smallest absolute Gasteiger partial charge is 0.408 e. The van der Waals surface area contributed by atoms with E-state index in [1.165, 1.54) is 11.0 Å². The lowest BCUT2D eigenvalue weighted by Gasteiger charge is -2.43. The number of aromatic hydroxyl groups is 1. The normalized spacial score (nSPS) is 15.6. The van der Waals surface area contributed by atoms with Crippen LogP contribution in [0.4, 0.5) is 4.79 Å². The van der Waals surface area contributed by atoms with Crippen molar-refractivity contribution >= 4 is 23.9 Å². The number of hydrogen-bond donors (Lipinski definition) is 4. The summed E-state index contributed by atoms with van der Waals surface area (Å²) in [5.41, 5.74) is -0.00811. The Hall–Kier alpha value is -4.12. The molecule has 3 unspecified atom stereocenters. The van der Waals surface area contributed by atoms with Crippen LogP contribution in [0.3, 0.4) is 0 Å². The number of carbonyl (C=O) groups excluding carboxylic acids is 4. The molecule has 1 aliphatic carbocycles. The van der Waals surface area contributed by atoms with Gasteiger partial charge in [-0.2, -0.15) is 0 Å². The van der Waals surface area contributed by atoms with Crippen molar-refractivity contribution < 1.29 is 38.9 Å². The minimum Gasteiger partial charge on any atom is -0.508 e. The Bertz CT molecular complexity index is 1350. The monoisotopic (exact) mass is 625 g/mol. The van der Waals surface area contributed by atoms with E-state index in [-0.39, 0.29) is 18.2 Å². The van der Waals surface area contributed by atoms with E-state index in [1.54, 1.807) is 60.6 Å². The topological polar surface area (TPSA) is 154 Å². The molecule has 0 spiro atoms. The zero-order valence-electron chi connectivity index (χ0n) is 27.3. The number of rotatable bonds is 11.